The van der Waals surface area contributed by atoms with Gasteiger partial charge < -0.3 is 10.5 Å². The molecule has 1 atom stereocenters. The largest absolute Gasteiger partial charge is 0.383 e. The van der Waals surface area contributed by atoms with Gasteiger partial charge in [-0.3, -0.25) is 4.90 Å². The van der Waals surface area contributed by atoms with Crippen molar-refractivity contribution in [2.24, 2.45) is 5.92 Å². The van der Waals surface area contributed by atoms with E-state index in [-0.39, 0.29) is 11.7 Å². The van der Waals surface area contributed by atoms with Crippen molar-refractivity contribution in [3.63, 3.8) is 0 Å². The van der Waals surface area contributed by atoms with Gasteiger partial charge in [0.25, 0.3) is 0 Å². The highest BCUT2D eigenvalue weighted by Crippen LogP contribution is 2.31. The Kier molecular flexibility index (Phi) is 5.31. The standard InChI is InChI=1S/C15H24FN3O/c1-11(2)13(3-4-19-5-7-20-8-6-19)14-9-12(16)10-18-15(14)17/h9-11,13H,3-8H2,1-2H3,(H2,17,18)/t13-/m0/s1. The highest BCUT2D eigenvalue weighted by atomic mass is 19.1. The number of hydrogen-bond acceptors (Lipinski definition) is 4. The Morgan fingerprint density at radius 3 is 2.75 bits per heavy atom. The molecule has 1 aliphatic heterocycles. The SMILES string of the molecule is CC(C)[C@H](CCN1CCOCC1)c1cc(F)cnc1N. The zero-order chi connectivity index (χ0) is 14.5. The lowest BCUT2D eigenvalue weighted by atomic mass is 9.85. The van der Waals surface area contributed by atoms with Crippen molar-refractivity contribution in [3.05, 3.63) is 23.6 Å². The molecule has 0 unspecified atom stereocenters. The first-order valence-corrected chi connectivity index (χ1v) is 7.29. The summed E-state index contributed by atoms with van der Waals surface area (Å²) in [6.07, 6.45) is 2.14. The van der Waals surface area contributed by atoms with Gasteiger partial charge in [0.05, 0.1) is 19.4 Å². The molecule has 0 radical (unpaired) electrons. The number of anilines is 1. The summed E-state index contributed by atoms with van der Waals surface area (Å²) >= 11 is 0. The predicted octanol–water partition coefficient (Wildman–Crippen LogP) is 2.26. The minimum Gasteiger partial charge on any atom is -0.383 e. The lowest BCUT2D eigenvalue weighted by Gasteiger charge is -2.30. The molecule has 0 amide bonds. The van der Waals surface area contributed by atoms with Crippen molar-refractivity contribution < 1.29 is 9.13 Å². The van der Waals surface area contributed by atoms with Crippen molar-refractivity contribution >= 4 is 5.82 Å². The van der Waals surface area contributed by atoms with Gasteiger partial charge in [0.1, 0.15) is 11.6 Å². The number of morpholine rings is 1. The zero-order valence-electron chi connectivity index (χ0n) is 12.3. The number of nitrogen functional groups attached to an aromatic ring is 1. The summed E-state index contributed by atoms with van der Waals surface area (Å²) in [7, 11) is 0. The van der Waals surface area contributed by atoms with Crippen LogP contribution in [0.1, 0.15) is 31.7 Å². The van der Waals surface area contributed by atoms with Gasteiger partial charge in [-0.15, -0.1) is 0 Å². The Bertz CT molecular complexity index is 433. The fourth-order valence-corrected chi connectivity index (χ4v) is 2.76. The van der Waals surface area contributed by atoms with Crippen molar-refractivity contribution in [3.8, 4) is 0 Å². The molecular weight excluding hydrogens is 257 g/mol. The van der Waals surface area contributed by atoms with Crippen molar-refractivity contribution in [1.82, 2.24) is 9.88 Å². The molecule has 2 N–H and O–H groups in total. The first kappa shape index (κ1) is 15.2. The van der Waals surface area contributed by atoms with E-state index < -0.39 is 0 Å². The summed E-state index contributed by atoms with van der Waals surface area (Å²) in [6.45, 7) is 8.83. The van der Waals surface area contributed by atoms with E-state index in [2.05, 4.69) is 23.7 Å². The van der Waals surface area contributed by atoms with E-state index in [1.54, 1.807) is 0 Å². The second kappa shape index (κ2) is 6.99. The number of nitrogens with zero attached hydrogens (tertiary/aromatic N) is 2. The number of halogens is 1. The first-order valence-electron chi connectivity index (χ1n) is 7.29. The van der Waals surface area contributed by atoms with Crippen LogP contribution in [0.3, 0.4) is 0 Å². The fraction of sp³-hybridized carbons (Fsp3) is 0.667. The Balaban J connectivity index is 2.04. The molecule has 0 bridgehead atoms. The molecule has 0 aliphatic carbocycles. The minimum absolute atomic E-state index is 0.237. The lowest BCUT2D eigenvalue weighted by Crippen LogP contribution is -2.37. The fourth-order valence-electron chi connectivity index (χ4n) is 2.76. The van der Waals surface area contributed by atoms with E-state index in [9.17, 15) is 4.39 Å². The zero-order valence-corrected chi connectivity index (χ0v) is 12.3. The average Bonchev–Trinajstić information content (AvgIpc) is 2.43. The number of pyridine rings is 1. The smallest absolute Gasteiger partial charge is 0.141 e. The lowest BCUT2D eigenvalue weighted by molar-refractivity contribution is 0.0360. The Morgan fingerprint density at radius 1 is 1.40 bits per heavy atom. The Labute approximate surface area is 120 Å². The number of nitrogens with two attached hydrogens (primary N) is 1. The minimum atomic E-state index is -0.314. The molecule has 0 aromatic carbocycles. The van der Waals surface area contributed by atoms with Crippen LogP contribution in [-0.4, -0.2) is 42.7 Å². The third-order valence-corrected chi connectivity index (χ3v) is 3.98. The van der Waals surface area contributed by atoms with Crippen LogP contribution in [0.15, 0.2) is 12.3 Å². The number of rotatable bonds is 5. The highest BCUT2D eigenvalue weighted by Gasteiger charge is 2.21. The third-order valence-electron chi connectivity index (χ3n) is 3.98. The summed E-state index contributed by atoms with van der Waals surface area (Å²) in [5, 5.41) is 0. The molecule has 112 valence electrons. The van der Waals surface area contributed by atoms with Crippen LogP contribution in [0.25, 0.3) is 0 Å². The summed E-state index contributed by atoms with van der Waals surface area (Å²) in [5.41, 5.74) is 6.77. The van der Waals surface area contributed by atoms with Crippen LogP contribution in [0.4, 0.5) is 10.2 Å². The van der Waals surface area contributed by atoms with Gasteiger partial charge in [0.15, 0.2) is 0 Å². The normalized spacial score (nSPS) is 18.4. The average molecular weight is 281 g/mol. The van der Waals surface area contributed by atoms with E-state index in [0.29, 0.717) is 11.7 Å². The van der Waals surface area contributed by atoms with Gasteiger partial charge in [0, 0.05) is 18.7 Å². The summed E-state index contributed by atoms with van der Waals surface area (Å²) in [6, 6.07) is 1.53. The molecule has 5 heteroatoms. The molecule has 0 saturated carbocycles. The molecule has 4 nitrogen and oxygen atoms in total. The number of hydrogen-bond donors (Lipinski definition) is 1. The molecule has 1 aromatic heterocycles. The topological polar surface area (TPSA) is 51.4 Å². The molecule has 1 saturated heterocycles. The molecule has 2 heterocycles. The highest BCUT2D eigenvalue weighted by molar-refractivity contribution is 5.41. The van der Waals surface area contributed by atoms with Crippen molar-refractivity contribution in [1.29, 1.82) is 0 Å². The first-order chi connectivity index (χ1) is 9.58. The third kappa shape index (κ3) is 3.90. The predicted molar refractivity (Wildman–Crippen MR) is 78.1 cm³/mol. The van der Waals surface area contributed by atoms with Crippen LogP contribution in [-0.2, 0) is 4.74 Å². The maximum absolute atomic E-state index is 13.4. The van der Waals surface area contributed by atoms with Gasteiger partial charge in [-0.1, -0.05) is 13.8 Å². The van der Waals surface area contributed by atoms with Crippen LogP contribution in [0.5, 0.6) is 0 Å². The molecule has 20 heavy (non-hydrogen) atoms. The second-order valence-electron chi connectivity index (χ2n) is 5.72. The molecule has 2 rings (SSSR count). The van der Waals surface area contributed by atoms with Crippen LogP contribution >= 0.6 is 0 Å². The van der Waals surface area contributed by atoms with E-state index in [1.807, 2.05) is 0 Å². The van der Waals surface area contributed by atoms with Gasteiger partial charge in [0.2, 0.25) is 0 Å². The van der Waals surface area contributed by atoms with E-state index in [0.717, 1.165) is 44.8 Å². The molecule has 1 fully saturated rings. The van der Waals surface area contributed by atoms with Crippen LogP contribution in [0, 0.1) is 11.7 Å². The summed E-state index contributed by atoms with van der Waals surface area (Å²) in [5.74, 6) is 0.779. The van der Waals surface area contributed by atoms with Gasteiger partial charge in [-0.05, 0) is 30.9 Å². The second-order valence-corrected chi connectivity index (χ2v) is 5.72. The van der Waals surface area contributed by atoms with E-state index >= 15 is 0 Å². The monoisotopic (exact) mass is 281 g/mol. The Hall–Kier alpha value is -1.20. The maximum atomic E-state index is 13.4. The molecular formula is C15H24FN3O. The summed E-state index contributed by atoms with van der Waals surface area (Å²) in [4.78, 5) is 6.34. The van der Waals surface area contributed by atoms with Crippen LogP contribution in [0.2, 0.25) is 0 Å². The molecule has 1 aromatic rings. The molecule has 1 aliphatic rings. The van der Waals surface area contributed by atoms with Gasteiger partial charge in [-0.2, -0.15) is 0 Å². The quantitative estimate of drug-likeness (QED) is 0.899. The maximum Gasteiger partial charge on any atom is 0.141 e. The molecule has 0 spiro atoms. The number of ether oxygens (including phenoxy) is 1. The number of aromatic nitrogens is 1. The van der Waals surface area contributed by atoms with E-state index in [4.69, 9.17) is 10.5 Å². The van der Waals surface area contributed by atoms with Gasteiger partial charge in [-0.25, -0.2) is 9.37 Å². The van der Waals surface area contributed by atoms with Gasteiger partial charge >= 0.3 is 0 Å². The van der Waals surface area contributed by atoms with Crippen molar-refractivity contribution in [2.45, 2.75) is 26.2 Å². The summed E-state index contributed by atoms with van der Waals surface area (Å²) < 4.78 is 18.8. The van der Waals surface area contributed by atoms with E-state index in [1.165, 1.54) is 12.3 Å². The Morgan fingerprint density at radius 2 is 2.10 bits per heavy atom. The van der Waals surface area contributed by atoms with Crippen molar-refractivity contribution in [2.75, 3.05) is 38.6 Å². The van der Waals surface area contributed by atoms with Crippen LogP contribution < -0.4 is 5.73 Å².